The highest BCUT2D eigenvalue weighted by atomic mass is 19.4. The van der Waals surface area contributed by atoms with E-state index >= 15 is 0 Å². The first-order valence-electron chi connectivity index (χ1n) is 6.44. The molecule has 1 N–H and O–H groups in total. The summed E-state index contributed by atoms with van der Waals surface area (Å²) in [6, 6.07) is 8.15. The molecule has 5 heteroatoms. The number of benzene rings is 2. The zero-order chi connectivity index (χ0) is 15.6. The molecule has 0 saturated carbocycles. The third kappa shape index (κ3) is 3.74. The number of hydrogen-bond acceptors (Lipinski definition) is 1. The van der Waals surface area contributed by atoms with Gasteiger partial charge in [0.15, 0.2) is 0 Å². The standard InChI is InChI=1S/C16H15F4N/c1-10-3-4-11(2)12(7-10)9-21-15-8-13(16(18,19)20)5-6-14(15)17/h3-8,21H,9H2,1-2H3. The molecule has 0 aliphatic heterocycles. The summed E-state index contributed by atoms with van der Waals surface area (Å²) >= 11 is 0. The Morgan fingerprint density at radius 2 is 1.71 bits per heavy atom. The highest BCUT2D eigenvalue weighted by molar-refractivity contribution is 5.49. The molecule has 112 valence electrons. The van der Waals surface area contributed by atoms with Crippen molar-refractivity contribution >= 4 is 5.69 Å². The Hall–Kier alpha value is -2.04. The van der Waals surface area contributed by atoms with Crippen LogP contribution in [0.25, 0.3) is 0 Å². The maximum atomic E-state index is 13.6. The first kappa shape index (κ1) is 15.4. The number of alkyl halides is 3. The smallest absolute Gasteiger partial charge is 0.379 e. The summed E-state index contributed by atoms with van der Waals surface area (Å²) in [5.74, 6) is -0.701. The van der Waals surface area contributed by atoms with Crippen molar-refractivity contribution in [3.63, 3.8) is 0 Å². The molecule has 2 aromatic carbocycles. The Bertz CT molecular complexity index is 647. The van der Waals surface area contributed by atoms with E-state index < -0.39 is 17.6 Å². The molecule has 0 fully saturated rings. The quantitative estimate of drug-likeness (QED) is 0.780. The number of hydrogen-bond donors (Lipinski definition) is 1. The van der Waals surface area contributed by atoms with Gasteiger partial charge in [0.25, 0.3) is 0 Å². The number of anilines is 1. The summed E-state index contributed by atoms with van der Waals surface area (Å²) in [6.07, 6.45) is -4.48. The molecule has 0 amide bonds. The monoisotopic (exact) mass is 297 g/mol. The second-order valence-electron chi connectivity index (χ2n) is 4.98. The highest BCUT2D eigenvalue weighted by Crippen LogP contribution is 2.32. The van der Waals surface area contributed by atoms with Crippen LogP contribution in [0.3, 0.4) is 0 Å². The van der Waals surface area contributed by atoms with Crippen LogP contribution in [-0.2, 0) is 12.7 Å². The SMILES string of the molecule is Cc1ccc(C)c(CNc2cc(C(F)(F)F)ccc2F)c1. The van der Waals surface area contributed by atoms with Crippen LogP contribution in [0.15, 0.2) is 36.4 Å². The van der Waals surface area contributed by atoms with Crippen molar-refractivity contribution in [2.24, 2.45) is 0 Å². The summed E-state index contributed by atoms with van der Waals surface area (Å²) < 4.78 is 51.5. The number of aryl methyl sites for hydroxylation is 2. The van der Waals surface area contributed by atoms with E-state index in [9.17, 15) is 17.6 Å². The molecule has 0 aromatic heterocycles. The Morgan fingerprint density at radius 3 is 2.38 bits per heavy atom. The molecule has 21 heavy (non-hydrogen) atoms. The van der Waals surface area contributed by atoms with Gasteiger partial charge in [0.2, 0.25) is 0 Å². The lowest BCUT2D eigenvalue weighted by molar-refractivity contribution is -0.137. The van der Waals surface area contributed by atoms with E-state index in [0.29, 0.717) is 0 Å². The maximum absolute atomic E-state index is 13.6. The number of halogens is 4. The molecular weight excluding hydrogens is 282 g/mol. The fourth-order valence-electron chi connectivity index (χ4n) is 2.02. The van der Waals surface area contributed by atoms with Crippen molar-refractivity contribution in [2.45, 2.75) is 26.6 Å². The molecule has 0 bridgehead atoms. The first-order chi connectivity index (χ1) is 9.77. The lowest BCUT2D eigenvalue weighted by Crippen LogP contribution is -2.08. The van der Waals surface area contributed by atoms with E-state index in [-0.39, 0.29) is 12.2 Å². The maximum Gasteiger partial charge on any atom is 0.416 e. The van der Waals surface area contributed by atoms with Crippen molar-refractivity contribution < 1.29 is 17.6 Å². The summed E-state index contributed by atoms with van der Waals surface area (Å²) in [5.41, 5.74) is 1.95. The van der Waals surface area contributed by atoms with Crippen molar-refractivity contribution in [1.29, 1.82) is 0 Å². The number of nitrogens with one attached hydrogen (secondary N) is 1. The molecule has 0 aliphatic rings. The van der Waals surface area contributed by atoms with Gasteiger partial charge >= 0.3 is 6.18 Å². The Labute approximate surface area is 120 Å². The Kier molecular flexibility index (Phi) is 4.21. The van der Waals surface area contributed by atoms with Gasteiger partial charge < -0.3 is 5.32 Å². The molecule has 2 aromatic rings. The predicted octanol–water partition coefficient (Wildman–Crippen LogP) is 5.07. The average molecular weight is 297 g/mol. The lowest BCUT2D eigenvalue weighted by Gasteiger charge is -2.13. The Balaban J connectivity index is 2.22. The van der Waals surface area contributed by atoms with Gasteiger partial charge in [0.05, 0.1) is 11.3 Å². The Morgan fingerprint density at radius 1 is 1.00 bits per heavy atom. The zero-order valence-electron chi connectivity index (χ0n) is 11.7. The van der Waals surface area contributed by atoms with Gasteiger partial charge in [-0.05, 0) is 43.2 Å². The van der Waals surface area contributed by atoms with Crippen molar-refractivity contribution in [1.82, 2.24) is 0 Å². The van der Waals surface area contributed by atoms with Gasteiger partial charge in [-0.3, -0.25) is 0 Å². The highest BCUT2D eigenvalue weighted by Gasteiger charge is 2.31. The first-order valence-corrected chi connectivity index (χ1v) is 6.44. The number of rotatable bonds is 3. The van der Waals surface area contributed by atoms with Gasteiger partial charge in [-0.2, -0.15) is 13.2 Å². The minimum Gasteiger partial charge on any atom is -0.379 e. The van der Waals surface area contributed by atoms with Crippen LogP contribution in [0, 0.1) is 19.7 Å². The fourth-order valence-corrected chi connectivity index (χ4v) is 2.02. The second-order valence-corrected chi connectivity index (χ2v) is 4.98. The van der Waals surface area contributed by atoms with E-state index in [1.54, 1.807) is 0 Å². The van der Waals surface area contributed by atoms with Crippen LogP contribution < -0.4 is 5.32 Å². The van der Waals surface area contributed by atoms with Crippen molar-refractivity contribution in [3.05, 3.63) is 64.5 Å². The molecule has 0 heterocycles. The zero-order valence-corrected chi connectivity index (χ0v) is 11.7. The van der Waals surface area contributed by atoms with Gasteiger partial charge in [-0.15, -0.1) is 0 Å². The van der Waals surface area contributed by atoms with Gasteiger partial charge in [0, 0.05) is 6.54 Å². The lowest BCUT2D eigenvalue weighted by atomic mass is 10.1. The van der Waals surface area contributed by atoms with E-state index in [2.05, 4.69) is 5.32 Å². The van der Waals surface area contributed by atoms with Crippen molar-refractivity contribution in [3.8, 4) is 0 Å². The predicted molar refractivity (Wildman–Crippen MR) is 74.6 cm³/mol. The molecule has 2 rings (SSSR count). The van der Waals surface area contributed by atoms with Gasteiger partial charge in [0.1, 0.15) is 5.82 Å². The average Bonchev–Trinajstić information content (AvgIpc) is 2.40. The molecule has 0 saturated heterocycles. The summed E-state index contributed by atoms with van der Waals surface area (Å²) in [4.78, 5) is 0. The molecule has 0 unspecified atom stereocenters. The minimum absolute atomic E-state index is 0.147. The third-order valence-electron chi connectivity index (χ3n) is 3.27. The van der Waals surface area contributed by atoms with E-state index in [0.717, 1.165) is 34.9 Å². The third-order valence-corrected chi connectivity index (χ3v) is 3.27. The summed E-state index contributed by atoms with van der Waals surface area (Å²) in [5, 5.41) is 2.73. The topological polar surface area (TPSA) is 12.0 Å². The van der Waals surface area contributed by atoms with Gasteiger partial charge in [-0.1, -0.05) is 23.8 Å². The van der Waals surface area contributed by atoms with Crippen molar-refractivity contribution in [2.75, 3.05) is 5.32 Å². The summed E-state index contributed by atoms with van der Waals surface area (Å²) in [7, 11) is 0. The largest absolute Gasteiger partial charge is 0.416 e. The van der Waals surface area contributed by atoms with Crippen LogP contribution >= 0.6 is 0 Å². The normalized spacial score (nSPS) is 11.5. The molecular formula is C16H15F4N. The molecule has 0 atom stereocenters. The van der Waals surface area contributed by atoms with E-state index in [4.69, 9.17) is 0 Å². The van der Waals surface area contributed by atoms with E-state index in [1.165, 1.54) is 0 Å². The second kappa shape index (κ2) is 5.76. The summed E-state index contributed by atoms with van der Waals surface area (Å²) in [6.45, 7) is 4.10. The fraction of sp³-hybridized carbons (Fsp3) is 0.250. The van der Waals surface area contributed by atoms with Crippen LogP contribution in [0.4, 0.5) is 23.2 Å². The van der Waals surface area contributed by atoms with Crippen LogP contribution in [-0.4, -0.2) is 0 Å². The minimum atomic E-state index is -4.48. The molecule has 0 spiro atoms. The van der Waals surface area contributed by atoms with Crippen LogP contribution in [0.2, 0.25) is 0 Å². The van der Waals surface area contributed by atoms with Gasteiger partial charge in [-0.25, -0.2) is 4.39 Å². The molecule has 0 aliphatic carbocycles. The van der Waals surface area contributed by atoms with E-state index in [1.807, 2.05) is 32.0 Å². The molecule has 0 radical (unpaired) electrons. The van der Waals surface area contributed by atoms with Crippen LogP contribution in [0.5, 0.6) is 0 Å². The molecule has 1 nitrogen and oxygen atoms in total. The van der Waals surface area contributed by atoms with Crippen LogP contribution in [0.1, 0.15) is 22.3 Å².